The summed E-state index contributed by atoms with van der Waals surface area (Å²) in [5.74, 6) is 6.63. The highest BCUT2D eigenvalue weighted by atomic mass is 16.1. The lowest BCUT2D eigenvalue weighted by Gasteiger charge is -2.37. The van der Waals surface area contributed by atoms with Crippen molar-refractivity contribution in [3.63, 3.8) is 0 Å². The second kappa shape index (κ2) is 7.44. The zero-order valence-corrected chi connectivity index (χ0v) is 18.0. The summed E-state index contributed by atoms with van der Waals surface area (Å²) in [6, 6.07) is 6.45. The average molecular weight is 379 g/mol. The third-order valence-electron chi connectivity index (χ3n) is 5.23. The Morgan fingerprint density at radius 2 is 2.00 bits per heavy atom. The molecule has 0 spiro atoms. The predicted molar refractivity (Wildman–Crippen MR) is 117 cm³/mol. The van der Waals surface area contributed by atoms with Gasteiger partial charge in [-0.15, -0.1) is 0 Å². The lowest BCUT2D eigenvalue weighted by Crippen LogP contribution is -2.45. The normalized spacial score (nSPS) is 12.2. The first-order valence-corrected chi connectivity index (χ1v) is 9.92. The second-order valence-electron chi connectivity index (χ2n) is 8.55. The molecule has 148 valence electrons. The minimum absolute atomic E-state index is 0.00726. The molecule has 2 aromatic heterocycles. The van der Waals surface area contributed by atoms with Crippen LogP contribution in [-0.4, -0.2) is 37.8 Å². The van der Waals surface area contributed by atoms with Gasteiger partial charge in [-0.2, -0.15) is 5.10 Å². The van der Waals surface area contributed by atoms with Crippen LogP contribution >= 0.6 is 0 Å². The number of hydrogen-bond acceptors (Lipinski definition) is 3. The van der Waals surface area contributed by atoms with Gasteiger partial charge in [0, 0.05) is 34.8 Å². The van der Waals surface area contributed by atoms with Crippen LogP contribution < -0.4 is 5.56 Å². The molecule has 0 saturated heterocycles. The quantitative estimate of drug-likeness (QED) is 0.699. The topological polar surface area (TPSA) is 53.9 Å². The van der Waals surface area contributed by atoms with Crippen molar-refractivity contribution in [2.75, 3.05) is 6.54 Å². The Bertz CT molecular complexity index is 1130. The van der Waals surface area contributed by atoms with Crippen LogP contribution in [0.2, 0.25) is 0 Å². The summed E-state index contributed by atoms with van der Waals surface area (Å²) >= 11 is 0. The molecule has 0 unspecified atom stereocenters. The van der Waals surface area contributed by atoms with Crippen LogP contribution in [0.25, 0.3) is 21.8 Å². The highest BCUT2D eigenvalue weighted by molar-refractivity contribution is 6.04. The van der Waals surface area contributed by atoms with E-state index in [1.54, 1.807) is 4.57 Å². The average Bonchev–Trinajstić information content (AvgIpc) is 3.00. The van der Waals surface area contributed by atoms with Crippen molar-refractivity contribution in [2.45, 2.75) is 66.6 Å². The first kappa shape index (κ1) is 20.2. The van der Waals surface area contributed by atoms with Crippen LogP contribution in [0.4, 0.5) is 0 Å². The number of fused-ring (bicyclic) bond motifs is 3. The Hall–Kier alpha value is -2.58. The molecule has 1 N–H and O–H groups in total. The van der Waals surface area contributed by atoms with Crippen molar-refractivity contribution in [3.8, 4) is 11.8 Å². The second-order valence-corrected chi connectivity index (χ2v) is 8.55. The number of rotatable bonds is 3. The summed E-state index contributed by atoms with van der Waals surface area (Å²) in [7, 11) is 0. The van der Waals surface area contributed by atoms with E-state index in [-0.39, 0.29) is 11.1 Å². The van der Waals surface area contributed by atoms with Crippen LogP contribution in [-0.2, 0) is 6.54 Å². The third kappa shape index (κ3) is 3.57. The molecule has 0 atom stereocenters. The first-order chi connectivity index (χ1) is 13.1. The maximum absolute atomic E-state index is 12.8. The fourth-order valence-electron chi connectivity index (χ4n) is 3.90. The van der Waals surface area contributed by atoms with E-state index in [0.29, 0.717) is 24.5 Å². The zero-order valence-electron chi connectivity index (χ0n) is 18.0. The number of aryl methyl sites for hydroxylation is 2. The minimum Gasteiger partial charge on any atom is -0.308 e. The Labute approximate surface area is 166 Å². The van der Waals surface area contributed by atoms with Gasteiger partial charge in [-0.3, -0.25) is 14.8 Å². The van der Waals surface area contributed by atoms with Crippen LogP contribution in [0.3, 0.4) is 0 Å². The smallest absolute Gasteiger partial charge is 0.262 e. The molecule has 0 aliphatic carbocycles. The third-order valence-corrected chi connectivity index (χ3v) is 5.23. The summed E-state index contributed by atoms with van der Waals surface area (Å²) in [5, 5.41) is 8.98. The van der Waals surface area contributed by atoms with E-state index in [1.807, 2.05) is 32.0 Å². The molecule has 5 nitrogen and oxygen atoms in total. The van der Waals surface area contributed by atoms with Crippen molar-refractivity contribution in [1.82, 2.24) is 19.7 Å². The molecule has 0 amide bonds. The number of aromatic nitrogens is 3. The van der Waals surface area contributed by atoms with Crippen LogP contribution in [0.15, 0.2) is 23.0 Å². The van der Waals surface area contributed by atoms with Crippen LogP contribution in [0.5, 0.6) is 0 Å². The summed E-state index contributed by atoms with van der Waals surface area (Å²) in [6.07, 6.45) is 0. The van der Waals surface area contributed by atoms with Crippen molar-refractivity contribution in [2.24, 2.45) is 0 Å². The molecule has 28 heavy (non-hydrogen) atoms. The van der Waals surface area contributed by atoms with Crippen LogP contribution in [0.1, 0.15) is 52.8 Å². The first-order valence-electron chi connectivity index (χ1n) is 9.92. The van der Waals surface area contributed by atoms with Crippen molar-refractivity contribution in [3.05, 3.63) is 39.8 Å². The van der Waals surface area contributed by atoms with Crippen molar-refractivity contribution >= 4 is 21.8 Å². The molecule has 0 fully saturated rings. The molecule has 3 rings (SSSR count). The van der Waals surface area contributed by atoms with Gasteiger partial charge in [-0.05, 0) is 66.7 Å². The lowest BCUT2D eigenvalue weighted by molar-refractivity contribution is 0.118. The Kier molecular flexibility index (Phi) is 5.36. The summed E-state index contributed by atoms with van der Waals surface area (Å²) in [6.45, 7) is 16.2. The largest absolute Gasteiger partial charge is 0.308 e. The lowest BCUT2D eigenvalue weighted by atomic mass is 10.0. The Morgan fingerprint density at radius 3 is 2.61 bits per heavy atom. The van der Waals surface area contributed by atoms with Gasteiger partial charge in [0.1, 0.15) is 5.52 Å². The number of aromatic amines is 1. The zero-order chi connectivity index (χ0) is 20.6. The number of pyridine rings is 1. The molecule has 0 saturated carbocycles. The maximum Gasteiger partial charge on any atom is 0.262 e. The van der Waals surface area contributed by atoms with E-state index >= 15 is 0 Å². The number of benzene rings is 1. The van der Waals surface area contributed by atoms with Gasteiger partial charge >= 0.3 is 0 Å². The van der Waals surface area contributed by atoms with Crippen molar-refractivity contribution in [1.29, 1.82) is 0 Å². The molecule has 2 heterocycles. The molecule has 5 heteroatoms. The summed E-state index contributed by atoms with van der Waals surface area (Å²) in [4.78, 5) is 15.2. The van der Waals surface area contributed by atoms with E-state index in [4.69, 9.17) is 0 Å². The Morgan fingerprint density at radius 1 is 1.29 bits per heavy atom. The summed E-state index contributed by atoms with van der Waals surface area (Å²) in [5.41, 5.74) is 3.45. The molecule has 0 bridgehead atoms. The van der Waals surface area contributed by atoms with Gasteiger partial charge in [-0.1, -0.05) is 11.8 Å². The van der Waals surface area contributed by atoms with Crippen LogP contribution in [0, 0.1) is 18.8 Å². The van der Waals surface area contributed by atoms with Gasteiger partial charge in [0.2, 0.25) is 0 Å². The number of nitrogens with one attached hydrogen (secondary N) is 1. The highest BCUT2D eigenvalue weighted by Crippen LogP contribution is 2.24. The van der Waals surface area contributed by atoms with E-state index in [0.717, 1.165) is 27.7 Å². The molecule has 3 aromatic rings. The molecule has 0 aliphatic heterocycles. The van der Waals surface area contributed by atoms with E-state index < -0.39 is 0 Å². The van der Waals surface area contributed by atoms with Gasteiger partial charge in [0.15, 0.2) is 0 Å². The molecular formula is C23H30N4O. The number of nitrogens with zero attached hydrogens (tertiary/aromatic N) is 3. The van der Waals surface area contributed by atoms with Gasteiger partial charge in [-0.25, -0.2) is 0 Å². The van der Waals surface area contributed by atoms with Gasteiger partial charge in [0.25, 0.3) is 5.56 Å². The summed E-state index contributed by atoms with van der Waals surface area (Å²) < 4.78 is 1.80. The predicted octanol–water partition coefficient (Wildman–Crippen LogP) is 4.07. The highest BCUT2D eigenvalue weighted by Gasteiger charge is 2.22. The fraction of sp³-hybridized carbons (Fsp3) is 0.478. The van der Waals surface area contributed by atoms with Gasteiger partial charge in [0.05, 0.1) is 17.4 Å². The maximum atomic E-state index is 12.8. The number of H-pyrrole nitrogens is 1. The molecule has 0 aliphatic rings. The fourth-order valence-corrected chi connectivity index (χ4v) is 3.90. The standard InChI is InChI=1S/C23H30N4O/c1-8-26-19-12-11-17(10-9-13-27(15(2)3)23(5,6)7)14-18(19)21-20(22(26)28)16(4)24-25-21/h11-12,14-15H,8,13H2,1-7H3,(H,24,25). The monoisotopic (exact) mass is 378 g/mol. The van der Waals surface area contributed by atoms with Gasteiger partial charge < -0.3 is 4.57 Å². The van der Waals surface area contributed by atoms with E-state index in [1.165, 1.54) is 0 Å². The van der Waals surface area contributed by atoms with E-state index in [9.17, 15) is 4.79 Å². The SMILES string of the molecule is CCn1c(=O)c2c(C)[nH]nc2c2cc(C#CCN(C(C)C)C(C)(C)C)ccc21. The van der Waals surface area contributed by atoms with Crippen molar-refractivity contribution < 1.29 is 0 Å². The van der Waals surface area contributed by atoms with E-state index in [2.05, 4.69) is 61.6 Å². The molecular weight excluding hydrogens is 348 g/mol. The number of hydrogen-bond donors (Lipinski definition) is 1. The Balaban J connectivity index is 2.08. The minimum atomic E-state index is 0.00726. The molecule has 1 aromatic carbocycles. The molecule has 0 radical (unpaired) electrons.